The first-order valence-electron chi connectivity index (χ1n) is 9.82. The second kappa shape index (κ2) is 10.8. The predicted molar refractivity (Wildman–Crippen MR) is 129 cm³/mol. The third kappa shape index (κ3) is 5.54. The van der Waals surface area contributed by atoms with Crippen LogP contribution in [0.15, 0.2) is 42.6 Å². The van der Waals surface area contributed by atoms with Crippen LogP contribution in [0.5, 0.6) is 0 Å². The maximum atomic E-state index is 13.1. The molecule has 0 bridgehead atoms. The minimum absolute atomic E-state index is 0.0102. The van der Waals surface area contributed by atoms with Crippen LogP contribution in [0.1, 0.15) is 36.8 Å². The maximum Gasteiger partial charge on any atom is 0.280 e. The molecule has 0 aliphatic rings. The van der Waals surface area contributed by atoms with E-state index < -0.39 is 17.7 Å². The van der Waals surface area contributed by atoms with E-state index in [1.54, 1.807) is 38.2 Å². The summed E-state index contributed by atoms with van der Waals surface area (Å²) in [6.07, 6.45) is 1.25. The van der Waals surface area contributed by atoms with E-state index >= 15 is 0 Å². The Balaban J connectivity index is 2.00. The van der Waals surface area contributed by atoms with E-state index in [0.717, 1.165) is 4.68 Å². The molecule has 1 aromatic heterocycles. The highest BCUT2D eigenvalue weighted by atomic mass is 35.5. The molecule has 11 heteroatoms. The van der Waals surface area contributed by atoms with Crippen LogP contribution >= 0.6 is 34.8 Å². The van der Waals surface area contributed by atoms with Crippen LogP contribution in [0.25, 0.3) is 0 Å². The summed E-state index contributed by atoms with van der Waals surface area (Å²) in [4.78, 5) is 38.7. The van der Waals surface area contributed by atoms with Gasteiger partial charge in [0.05, 0.1) is 38.1 Å². The van der Waals surface area contributed by atoms with E-state index in [2.05, 4.69) is 21.0 Å². The lowest BCUT2D eigenvalue weighted by Gasteiger charge is -2.08. The van der Waals surface area contributed by atoms with Gasteiger partial charge >= 0.3 is 0 Å². The van der Waals surface area contributed by atoms with Crippen LogP contribution in [0, 0.1) is 6.92 Å². The van der Waals surface area contributed by atoms with E-state index in [1.165, 1.54) is 18.3 Å². The van der Waals surface area contributed by atoms with Crippen molar-refractivity contribution in [3.8, 4) is 0 Å². The van der Waals surface area contributed by atoms with Gasteiger partial charge in [-0.05, 0) is 37.7 Å². The molecule has 0 spiro atoms. The number of amides is 2. The van der Waals surface area contributed by atoms with Crippen molar-refractivity contribution in [2.24, 2.45) is 0 Å². The third-order valence-electron chi connectivity index (χ3n) is 4.67. The minimum atomic E-state index is -0.657. The molecule has 2 amide bonds. The Labute approximate surface area is 205 Å². The third-order valence-corrected chi connectivity index (χ3v) is 5.62. The molecule has 2 aromatic carbocycles. The number of likely N-dealkylation sites (N-methyl/N-ethyl adjacent to an activating group) is 1. The zero-order chi connectivity index (χ0) is 24.1. The smallest absolute Gasteiger partial charge is 0.280 e. The number of nitrogens with zero attached hydrogens (tertiary/aromatic N) is 2. The van der Waals surface area contributed by atoms with Crippen molar-refractivity contribution in [2.45, 2.75) is 6.92 Å². The Bertz CT molecular complexity index is 1190. The zero-order valence-corrected chi connectivity index (χ0v) is 20.0. The van der Waals surface area contributed by atoms with E-state index in [9.17, 15) is 14.4 Å². The average Bonchev–Trinajstić information content (AvgIpc) is 3.17. The van der Waals surface area contributed by atoms with Gasteiger partial charge in [0.1, 0.15) is 0 Å². The standard InChI is InChI=1S/C22H20Cl3N5O3/c1-12-5-3-6-13(23)17(12)22(33)30-11-16(19(29-30)21(32)27-10-9-26-2)28-20(31)18-14(24)7-4-8-15(18)25/h3-8,11,26H,9-10H2,1-2H3,(H,27,32)(H,28,31). The van der Waals surface area contributed by atoms with Gasteiger partial charge in [0.25, 0.3) is 17.7 Å². The van der Waals surface area contributed by atoms with Crippen molar-refractivity contribution in [3.05, 3.63) is 80.0 Å². The van der Waals surface area contributed by atoms with E-state index in [-0.39, 0.29) is 37.6 Å². The van der Waals surface area contributed by atoms with Crippen LogP contribution in [0.2, 0.25) is 15.1 Å². The highest BCUT2D eigenvalue weighted by Crippen LogP contribution is 2.27. The summed E-state index contributed by atoms with van der Waals surface area (Å²) in [5, 5.41) is 12.8. The lowest BCUT2D eigenvalue weighted by Crippen LogP contribution is -2.31. The van der Waals surface area contributed by atoms with Gasteiger partial charge < -0.3 is 16.0 Å². The lowest BCUT2D eigenvalue weighted by molar-refractivity contribution is 0.0936. The Kier molecular flexibility index (Phi) is 8.10. The molecule has 172 valence electrons. The van der Waals surface area contributed by atoms with Gasteiger partial charge in [0, 0.05) is 13.1 Å². The van der Waals surface area contributed by atoms with Crippen molar-refractivity contribution in [3.63, 3.8) is 0 Å². The van der Waals surface area contributed by atoms with Crippen LogP contribution in [-0.4, -0.2) is 47.6 Å². The highest BCUT2D eigenvalue weighted by molar-refractivity contribution is 6.40. The number of rotatable bonds is 7. The summed E-state index contributed by atoms with van der Waals surface area (Å²) in [5.74, 6) is -1.79. The summed E-state index contributed by atoms with van der Waals surface area (Å²) in [6.45, 7) is 2.56. The number of hydrogen-bond donors (Lipinski definition) is 3. The van der Waals surface area contributed by atoms with Gasteiger partial charge in [-0.3, -0.25) is 14.4 Å². The number of carbonyl (C=O) groups is 3. The summed E-state index contributed by atoms with van der Waals surface area (Å²) in [6, 6.07) is 9.67. The number of carbonyl (C=O) groups excluding carboxylic acids is 3. The fraction of sp³-hybridized carbons (Fsp3) is 0.182. The minimum Gasteiger partial charge on any atom is -0.349 e. The first-order chi connectivity index (χ1) is 15.7. The molecular formula is C22H20Cl3N5O3. The molecular weight excluding hydrogens is 489 g/mol. The Morgan fingerprint density at radius 2 is 1.52 bits per heavy atom. The number of aromatic nitrogens is 2. The van der Waals surface area contributed by atoms with Crippen molar-refractivity contribution >= 4 is 58.2 Å². The van der Waals surface area contributed by atoms with Gasteiger partial charge in [0.15, 0.2) is 5.69 Å². The van der Waals surface area contributed by atoms with Gasteiger partial charge in [-0.1, -0.05) is 53.0 Å². The Morgan fingerprint density at radius 1 is 0.909 bits per heavy atom. The van der Waals surface area contributed by atoms with E-state index in [0.29, 0.717) is 18.7 Å². The molecule has 1 heterocycles. The number of hydrogen-bond acceptors (Lipinski definition) is 5. The predicted octanol–water partition coefficient (Wildman–Crippen LogP) is 4.04. The van der Waals surface area contributed by atoms with E-state index in [1.807, 2.05) is 0 Å². The first-order valence-corrected chi connectivity index (χ1v) is 11.0. The Hall–Kier alpha value is -2.91. The molecule has 0 unspecified atom stereocenters. The molecule has 0 saturated carbocycles. The number of nitrogens with one attached hydrogen (secondary N) is 3. The maximum absolute atomic E-state index is 13.1. The molecule has 3 N–H and O–H groups in total. The molecule has 0 fully saturated rings. The largest absolute Gasteiger partial charge is 0.349 e. The molecule has 3 aromatic rings. The summed E-state index contributed by atoms with van der Waals surface area (Å²) >= 11 is 18.5. The SMILES string of the molecule is CNCCNC(=O)c1nn(C(=O)c2c(C)cccc2Cl)cc1NC(=O)c1c(Cl)cccc1Cl. The summed E-state index contributed by atoms with van der Waals surface area (Å²) in [7, 11) is 1.74. The highest BCUT2D eigenvalue weighted by Gasteiger charge is 2.25. The fourth-order valence-corrected chi connectivity index (χ4v) is 3.91. The van der Waals surface area contributed by atoms with Crippen molar-refractivity contribution in [2.75, 3.05) is 25.5 Å². The van der Waals surface area contributed by atoms with Crippen LogP contribution in [0.4, 0.5) is 5.69 Å². The quantitative estimate of drug-likeness (QED) is 0.418. The van der Waals surface area contributed by atoms with Crippen molar-refractivity contribution in [1.29, 1.82) is 0 Å². The normalized spacial score (nSPS) is 10.7. The number of aryl methyl sites for hydroxylation is 1. The molecule has 0 atom stereocenters. The fourth-order valence-electron chi connectivity index (χ4n) is 3.04. The van der Waals surface area contributed by atoms with Crippen LogP contribution in [-0.2, 0) is 0 Å². The number of halogens is 3. The molecule has 0 aliphatic heterocycles. The Morgan fingerprint density at radius 3 is 2.12 bits per heavy atom. The number of anilines is 1. The molecule has 0 radical (unpaired) electrons. The zero-order valence-electron chi connectivity index (χ0n) is 17.7. The summed E-state index contributed by atoms with van der Waals surface area (Å²) in [5.41, 5.74) is 0.757. The van der Waals surface area contributed by atoms with Crippen LogP contribution in [0.3, 0.4) is 0 Å². The first kappa shape index (κ1) is 24.7. The van der Waals surface area contributed by atoms with Gasteiger partial charge in [-0.2, -0.15) is 5.10 Å². The molecule has 33 heavy (non-hydrogen) atoms. The number of benzene rings is 2. The van der Waals surface area contributed by atoms with Gasteiger partial charge in [0.2, 0.25) is 0 Å². The molecule has 8 nitrogen and oxygen atoms in total. The molecule has 0 saturated heterocycles. The molecule has 0 aliphatic carbocycles. The second-order valence-electron chi connectivity index (χ2n) is 6.98. The van der Waals surface area contributed by atoms with Crippen LogP contribution < -0.4 is 16.0 Å². The van der Waals surface area contributed by atoms with Gasteiger partial charge in [-0.15, -0.1) is 0 Å². The topological polar surface area (TPSA) is 105 Å². The summed E-state index contributed by atoms with van der Waals surface area (Å²) < 4.78 is 0.963. The average molecular weight is 509 g/mol. The van der Waals surface area contributed by atoms with E-state index in [4.69, 9.17) is 34.8 Å². The monoisotopic (exact) mass is 507 g/mol. The second-order valence-corrected chi connectivity index (χ2v) is 8.20. The van der Waals surface area contributed by atoms with Crippen molar-refractivity contribution < 1.29 is 14.4 Å². The molecule has 3 rings (SSSR count). The van der Waals surface area contributed by atoms with Crippen molar-refractivity contribution in [1.82, 2.24) is 20.4 Å². The lowest BCUT2D eigenvalue weighted by atomic mass is 10.1. The van der Waals surface area contributed by atoms with Gasteiger partial charge in [-0.25, -0.2) is 4.68 Å².